The lowest BCUT2D eigenvalue weighted by molar-refractivity contribution is 0.426. The van der Waals surface area contributed by atoms with E-state index < -0.39 is 7.12 Å². The Kier molecular flexibility index (Phi) is 8.57. The quantitative estimate of drug-likeness (QED) is 0.220. The number of hydrogen-bond acceptors (Lipinski definition) is 2. The first kappa shape index (κ1) is 26.4. The van der Waals surface area contributed by atoms with Crippen LogP contribution in [-0.2, 0) is 0 Å². The first-order chi connectivity index (χ1) is 17.6. The van der Waals surface area contributed by atoms with Gasteiger partial charge in [0.25, 0.3) is 0 Å². The van der Waals surface area contributed by atoms with Crippen LogP contribution in [0.25, 0.3) is 43.8 Å². The Labute approximate surface area is 227 Å². The summed E-state index contributed by atoms with van der Waals surface area (Å²) < 4.78 is 1.12. The number of benzene rings is 6. The van der Waals surface area contributed by atoms with Crippen LogP contribution in [0.5, 0.6) is 0 Å². The molecule has 0 fully saturated rings. The van der Waals surface area contributed by atoms with Gasteiger partial charge in [-0.15, -0.1) is 0 Å². The number of fused-ring (bicyclic) bond motifs is 2. The van der Waals surface area contributed by atoms with E-state index in [-0.39, 0.29) is 7.43 Å². The van der Waals surface area contributed by atoms with Gasteiger partial charge in [0, 0.05) is 4.47 Å². The minimum atomic E-state index is -1.43. The van der Waals surface area contributed by atoms with Crippen LogP contribution in [0, 0.1) is 0 Å². The van der Waals surface area contributed by atoms with Crippen LogP contribution >= 0.6 is 15.9 Å². The zero-order chi connectivity index (χ0) is 24.9. The second-order valence-corrected chi connectivity index (χ2v) is 9.55. The number of rotatable bonds is 3. The van der Waals surface area contributed by atoms with E-state index >= 15 is 0 Å². The van der Waals surface area contributed by atoms with Crippen molar-refractivity contribution in [2.24, 2.45) is 0 Å². The summed E-state index contributed by atoms with van der Waals surface area (Å²) in [5.41, 5.74) is 5.31. The highest BCUT2D eigenvalue weighted by atomic mass is 79.9. The molecule has 6 rings (SSSR count). The van der Waals surface area contributed by atoms with Crippen LogP contribution in [0.2, 0.25) is 0 Å². The standard InChI is InChI=1S/C16H13BO2.C16H11Br.CH4/c18-17(19)16-9-8-13-6-7-14(10-15(13)11-16)12-4-2-1-3-5-12;17-16-9-8-13-6-7-14(10-15(13)11-16)12-4-2-1-3-5-12;/h1-11,18-19H;1-11H;1H4. The van der Waals surface area contributed by atoms with E-state index in [1.807, 2.05) is 42.5 Å². The predicted octanol–water partition coefficient (Wildman–Crippen LogP) is 8.09. The molecule has 0 saturated carbocycles. The van der Waals surface area contributed by atoms with E-state index in [0.717, 1.165) is 26.4 Å². The summed E-state index contributed by atoms with van der Waals surface area (Å²) in [6.45, 7) is 0. The number of halogens is 1. The van der Waals surface area contributed by atoms with Crippen LogP contribution in [0.4, 0.5) is 0 Å². The molecule has 6 aromatic carbocycles. The summed E-state index contributed by atoms with van der Waals surface area (Å²) in [7, 11) is -1.43. The van der Waals surface area contributed by atoms with Gasteiger partial charge in [-0.05, 0) is 73.5 Å². The smallest absolute Gasteiger partial charge is 0.423 e. The fraction of sp³-hybridized carbons (Fsp3) is 0.0303. The number of hydrogen-bond donors (Lipinski definition) is 2. The third-order valence-electron chi connectivity index (χ3n) is 6.18. The normalized spacial score (nSPS) is 10.4. The maximum atomic E-state index is 9.23. The molecule has 0 aliphatic rings. The van der Waals surface area contributed by atoms with E-state index in [1.165, 1.54) is 21.9 Å². The second-order valence-electron chi connectivity index (χ2n) is 8.63. The molecule has 6 aromatic rings. The third kappa shape index (κ3) is 6.36. The van der Waals surface area contributed by atoms with E-state index in [0.29, 0.717) is 5.46 Å². The van der Waals surface area contributed by atoms with Crippen molar-refractivity contribution in [3.63, 3.8) is 0 Å². The van der Waals surface area contributed by atoms with Crippen molar-refractivity contribution in [2.75, 3.05) is 0 Å². The summed E-state index contributed by atoms with van der Waals surface area (Å²) in [6, 6.07) is 45.2. The predicted molar refractivity (Wildman–Crippen MR) is 163 cm³/mol. The molecule has 0 radical (unpaired) electrons. The zero-order valence-corrected chi connectivity index (χ0v) is 21.1. The summed E-state index contributed by atoms with van der Waals surface area (Å²) in [6.07, 6.45) is 0. The van der Waals surface area contributed by atoms with Gasteiger partial charge in [0.15, 0.2) is 0 Å². The monoisotopic (exact) mass is 546 g/mol. The molecule has 0 aromatic heterocycles. The van der Waals surface area contributed by atoms with Crippen LogP contribution in [0.1, 0.15) is 7.43 Å². The minimum Gasteiger partial charge on any atom is -0.423 e. The van der Waals surface area contributed by atoms with E-state index in [1.54, 1.807) is 6.07 Å². The molecular weight excluding hydrogens is 519 g/mol. The van der Waals surface area contributed by atoms with Gasteiger partial charge in [-0.2, -0.15) is 0 Å². The Morgan fingerprint density at radius 3 is 1.41 bits per heavy atom. The van der Waals surface area contributed by atoms with Crippen molar-refractivity contribution in [1.82, 2.24) is 0 Å². The fourth-order valence-corrected chi connectivity index (χ4v) is 4.64. The summed E-state index contributed by atoms with van der Waals surface area (Å²) >= 11 is 3.51. The van der Waals surface area contributed by atoms with E-state index in [2.05, 4.69) is 101 Å². The Hall–Kier alpha value is -3.70. The molecular formula is C33H28BBrO2. The highest BCUT2D eigenvalue weighted by Crippen LogP contribution is 2.26. The summed E-state index contributed by atoms with van der Waals surface area (Å²) in [5, 5.41) is 23.1. The first-order valence-corrected chi connectivity index (χ1v) is 12.6. The molecule has 0 spiro atoms. The summed E-state index contributed by atoms with van der Waals surface area (Å²) in [5.74, 6) is 0. The molecule has 37 heavy (non-hydrogen) atoms. The third-order valence-corrected chi connectivity index (χ3v) is 6.67. The van der Waals surface area contributed by atoms with Gasteiger partial charge in [-0.1, -0.05) is 133 Å². The van der Waals surface area contributed by atoms with Crippen LogP contribution in [-0.4, -0.2) is 17.2 Å². The molecule has 0 unspecified atom stereocenters. The zero-order valence-electron chi connectivity index (χ0n) is 19.6. The Bertz CT molecular complexity index is 1620. The van der Waals surface area contributed by atoms with Crippen molar-refractivity contribution in [2.45, 2.75) is 7.43 Å². The first-order valence-electron chi connectivity index (χ1n) is 11.8. The summed E-state index contributed by atoms with van der Waals surface area (Å²) in [4.78, 5) is 0. The lowest BCUT2D eigenvalue weighted by Gasteiger charge is -2.06. The van der Waals surface area contributed by atoms with Crippen molar-refractivity contribution in [3.8, 4) is 22.3 Å². The largest absolute Gasteiger partial charge is 0.488 e. The van der Waals surface area contributed by atoms with Gasteiger partial charge in [0.2, 0.25) is 0 Å². The Morgan fingerprint density at radius 2 is 0.892 bits per heavy atom. The maximum absolute atomic E-state index is 9.23. The Balaban J connectivity index is 0.000000169. The van der Waals surface area contributed by atoms with Gasteiger partial charge in [-0.25, -0.2) is 0 Å². The van der Waals surface area contributed by atoms with Gasteiger partial charge < -0.3 is 10.0 Å². The molecule has 2 N–H and O–H groups in total. The van der Waals surface area contributed by atoms with Crippen molar-refractivity contribution in [1.29, 1.82) is 0 Å². The average Bonchev–Trinajstić information content (AvgIpc) is 2.93. The molecule has 182 valence electrons. The highest BCUT2D eigenvalue weighted by molar-refractivity contribution is 9.10. The molecule has 0 aliphatic carbocycles. The minimum absolute atomic E-state index is 0. The van der Waals surface area contributed by atoms with Gasteiger partial charge in [0.05, 0.1) is 0 Å². The SMILES string of the molecule is Brc1ccc2ccc(-c3ccccc3)cc2c1.C.OB(O)c1ccc2ccc(-c3ccccc3)cc2c1. The molecule has 0 aliphatic heterocycles. The topological polar surface area (TPSA) is 40.5 Å². The molecule has 0 saturated heterocycles. The molecule has 4 heteroatoms. The maximum Gasteiger partial charge on any atom is 0.488 e. The fourth-order valence-electron chi connectivity index (χ4n) is 4.26. The van der Waals surface area contributed by atoms with Crippen molar-refractivity contribution in [3.05, 3.63) is 138 Å². The molecule has 2 nitrogen and oxygen atoms in total. The highest BCUT2D eigenvalue weighted by Gasteiger charge is 2.11. The second kappa shape index (κ2) is 12.0. The molecule has 0 heterocycles. The van der Waals surface area contributed by atoms with E-state index in [4.69, 9.17) is 0 Å². The van der Waals surface area contributed by atoms with Crippen LogP contribution < -0.4 is 5.46 Å². The van der Waals surface area contributed by atoms with Crippen molar-refractivity contribution >= 4 is 50.1 Å². The van der Waals surface area contributed by atoms with Gasteiger partial charge in [0.1, 0.15) is 0 Å². The van der Waals surface area contributed by atoms with E-state index in [9.17, 15) is 10.0 Å². The lowest BCUT2D eigenvalue weighted by Crippen LogP contribution is -2.29. The lowest BCUT2D eigenvalue weighted by atomic mass is 9.79. The van der Waals surface area contributed by atoms with Crippen molar-refractivity contribution < 1.29 is 10.0 Å². The molecule has 0 atom stereocenters. The average molecular weight is 547 g/mol. The Morgan fingerprint density at radius 1 is 0.432 bits per heavy atom. The van der Waals surface area contributed by atoms with Gasteiger partial charge >= 0.3 is 7.12 Å². The van der Waals surface area contributed by atoms with Gasteiger partial charge in [-0.3, -0.25) is 0 Å². The molecule has 0 amide bonds. The molecule has 0 bridgehead atoms. The van der Waals surface area contributed by atoms with Crippen LogP contribution in [0.3, 0.4) is 0 Å². The van der Waals surface area contributed by atoms with Crippen LogP contribution in [0.15, 0.2) is 138 Å².